The summed E-state index contributed by atoms with van der Waals surface area (Å²) in [6.07, 6.45) is 2.28. The molecule has 10 heteroatoms. The van der Waals surface area contributed by atoms with Crippen LogP contribution in [0.25, 0.3) is 21.7 Å². The van der Waals surface area contributed by atoms with Gasteiger partial charge < -0.3 is 19.4 Å². The van der Waals surface area contributed by atoms with E-state index in [1.807, 2.05) is 36.4 Å². The Kier molecular flexibility index (Phi) is 6.61. The van der Waals surface area contributed by atoms with Gasteiger partial charge in [0.1, 0.15) is 0 Å². The lowest BCUT2D eigenvalue weighted by Crippen LogP contribution is -2.18. The van der Waals surface area contributed by atoms with Gasteiger partial charge in [-0.2, -0.15) is 0 Å². The summed E-state index contributed by atoms with van der Waals surface area (Å²) in [5.74, 6) is 0.567. The lowest BCUT2D eigenvalue weighted by Gasteiger charge is -2.11. The Morgan fingerprint density at radius 3 is 2.72 bits per heavy atom. The highest BCUT2D eigenvalue weighted by atomic mass is 32.1. The number of hydrogen-bond donors (Lipinski definition) is 3. The number of Topliss-reactive ketones (excluding diaryl/α,β-unsaturated/α-hetero) is 1. The fraction of sp³-hybridized carbons (Fsp3) is 0.154. The Bertz CT molecular complexity index is 1510. The van der Waals surface area contributed by atoms with E-state index in [-0.39, 0.29) is 24.8 Å². The third-order valence-electron chi connectivity index (χ3n) is 5.47. The summed E-state index contributed by atoms with van der Waals surface area (Å²) < 4.78 is 7.07. The molecule has 1 atom stereocenters. The Balaban J connectivity index is 1.36. The SMILES string of the molecule is C[C@H](O)Cn1c(NC(=O)c2ccc(-c3cnco3)s2)nc2cc(NCC(=O)c3ccccc3)ccc21. The van der Waals surface area contributed by atoms with Crippen molar-refractivity contribution in [2.45, 2.75) is 19.6 Å². The standard InChI is InChI=1S/C26H23N5O4S/c1-16(32)14-31-20-8-7-18(28-12-21(33)17-5-3-2-4-6-17)11-19(20)29-26(31)30-25(34)24-10-9-23(36-24)22-13-27-15-35-22/h2-11,13,15-16,28,32H,12,14H2,1H3,(H,29,30,34)/t16-/m0/s1. The minimum atomic E-state index is -0.654. The number of thiophene rings is 1. The quantitative estimate of drug-likeness (QED) is 0.251. The summed E-state index contributed by atoms with van der Waals surface area (Å²) >= 11 is 1.28. The monoisotopic (exact) mass is 501 g/mol. The van der Waals surface area contributed by atoms with Crippen molar-refractivity contribution >= 4 is 45.7 Å². The van der Waals surface area contributed by atoms with Crippen molar-refractivity contribution in [1.82, 2.24) is 14.5 Å². The second kappa shape index (κ2) is 10.1. The number of carbonyl (C=O) groups is 2. The maximum absolute atomic E-state index is 13.0. The fourth-order valence-electron chi connectivity index (χ4n) is 3.79. The van der Waals surface area contributed by atoms with Crippen LogP contribution < -0.4 is 10.6 Å². The molecular formula is C26H23N5O4S. The molecule has 9 nitrogen and oxygen atoms in total. The van der Waals surface area contributed by atoms with Crippen LogP contribution in [-0.4, -0.2) is 44.0 Å². The van der Waals surface area contributed by atoms with Crippen molar-refractivity contribution < 1.29 is 19.1 Å². The van der Waals surface area contributed by atoms with Crippen molar-refractivity contribution in [3.8, 4) is 10.6 Å². The van der Waals surface area contributed by atoms with Gasteiger partial charge in [-0.1, -0.05) is 30.3 Å². The zero-order chi connectivity index (χ0) is 25.1. The third kappa shape index (κ3) is 5.04. The first-order valence-electron chi connectivity index (χ1n) is 11.3. The van der Waals surface area contributed by atoms with Crippen molar-refractivity contribution in [2.24, 2.45) is 0 Å². The summed E-state index contributed by atoms with van der Waals surface area (Å²) in [5, 5.41) is 16.1. The van der Waals surface area contributed by atoms with Crippen LogP contribution in [0.1, 0.15) is 27.0 Å². The fourth-order valence-corrected chi connectivity index (χ4v) is 4.64. The van der Waals surface area contributed by atoms with E-state index in [0.29, 0.717) is 27.7 Å². The summed E-state index contributed by atoms with van der Waals surface area (Å²) in [4.78, 5) is 35.2. The number of nitrogens with one attached hydrogen (secondary N) is 2. The van der Waals surface area contributed by atoms with Gasteiger partial charge in [-0.05, 0) is 37.3 Å². The number of fused-ring (bicyclic) bond motifs is 1. The molecule has 36 heavy (non-hydrogen) atoms. The largest absolute Gasteiger partial charge is 0.443 e. The van der Waals surface area contributed by atoms with Gasteiger partial charge in [0, 0.05) is 11.3 Å². The molecule has 0 aliphatic heterocycles. The van der Waals surface area contributed by atoms with E-state index in [0.717, 1.165) is 16.1 Å². The molecule has 0 saturated heterocycles. The second-order valence-corrected chi connectivity index (χ2v) is 9.31. The van der Waals surface area contributed by atoms with Gasteiger partial charge in [-0.3, -0.25) is 14.9 Å². The highest BCUT2D eigenvalue weighted by Crippen LogP contribution is 2.29. The zero-order valence-corrected chi connectivity index (χ0v) is 20.2. The highest BCUT2D eigenvalue weighted by molar-refractivity contribution is 7.17. The number of aliphatic hydroxyl groups is 1. The second-order valence-electron chi connectivity index (χ2n) is 8.22. The van der Waals surface area contributed by atoms with Gasteiger partial charge in [-0.15, -0.1) is 11.3 Å². The minimum Gasteiger partial charge on any atom is -0.443 e. The molecule has 0 bridgehead atoms. The molecule has 3 aromatic heterocycles. The molecule has 5 rings (SSSR count). The first kappa shape index (κ1) is 23.5. The molecule has 0 aliphatic carbocycles. The van der Waals surface area contributed by atoms with Gasteiger partial charge in [0.15, 0.2) is 17.9 Å². The normalized spacial score (nSPS) is 11.9. The molecule has 0 fully saturated rings. The molecule has 0 radical (unpaired) electrons. The van der Waals surface area contributed by atoms with Gasteiger partial charge in [0.25, 0.3) is 5.91 Å². The van der Waals surface area contributed by atoms with E-state index in [1.165, 1.54) is 17.7 Å². The van der Waals surface area contributed by atoms with E-state index in [2.05, 4.69) is 20.6 Å². The zero-order valence-electron chi connectivity index (χ0n) is 19.3. The molecule has 5 aromatic rings. The molecular weight excluding hydrogens is 478 g/mol. The maximum Gasteiger partial charge on any atom is 0.268 e. The predicted molar refractivity (Wildman–Crippen MR) is 138 cm³/mol. The van der Waals surface area contributed by atoms with Gasteiger partial charge in [0.2, 0.25) is 5.95 Å². The van der Waals surface area contributed by atoms with Crippen LogP contribution in [0.15, 0.2) is 77.7 Å². The van der Waals surface area contributed by atoms with Crippen molar-refractivity contribution in [1.29, 1.82) is 0 Å². The molecule has 0 aliphatic rings. The van der Waals surface area contributed by atoms with Gasteiger partial charge >= 0.3 is 0 Å². The summed E-state index contributed by atoms with van der Waals surface area (Å²) in [7, 11) is 0. The van der Waals surface area contributed by atoms with Crippen molar-refractivity contribution in [3.05, 3.63) is 83.7 Å². The molecule has 1 amide bonds. The number of anilines is 2. The first-order valence-corrected chi connectivity index (χ1v) is 12.1. The first-order chi connectivity index (χ1) is 17.5. The highest BCUT2D eigenvalue weighted by Gasteiger charge is 2.18. The number of aliphatic hydroxyl groups excluding tert-OH is 1. The third-order valence-corrected chi connectivity index (χ3v) is 6.57. The number of hydrogen-bond acceptors (Lipinski definition) is 8. The lowest BCUT2D eigenvalue weighted by molar-refractivity contribution is 0.100. The molecule has 3 heterocycles. The number of imidazole rings is 1. The van der Waals surface area contributed by atoms with E-state index in [9.17, 15) is 14.7 Å². The molecule has 0 saturated carbocycles. The summed E-state index contributed by atoms with van der Waals surface area (Å²) in [6.45, 7) is 2.06. The topological polar surface area (TPSA) is 122 Å². The Morgan fingerprint density at radius 2 is 1.97 bits per heavy atom. The number of carbonyl (C=O) groups excluding carboxylic acids is 2. The average molecular weight is 502 g/mol. The number of ketones is 1. The number of amides is 1. The average Bonchev–Trinajstić information content (AvgIpc) is 3.63. The minimum absolute atomic E-state index is 0.0241. The molecule has 3 N–H and O–H groups in total. The smallest absolute Gasteiger partial charge is 0.268 e. The number of aromatic nitrogens is 3. The van der Waals surface area contributed by atoms with E-state index in [1.54, 1.807) is 42.0 Å². The van der Waals surface area contributed by atoms with E-state index >= 15 is 0 Å². The van der Waals surface area contributed by atoms with Crippen LogP contribution in [0.3, 0.4) is 0 Å². The van der Waals surface area contributed by atoms with E-state index < -0.39 is 6.10 Å². The molecule has 2 aromatic carbocycles. The molecule has 182 valence electrons. The van der Waals surface area contributed by atoms with E-state index in [4.69, 9.17) is 4.42 Å². The Hall–Kier alpha value is -4.28. The number of rotatable bonds is 9. The lowest BCUT2D eigenvalue weighted by atomic mass is 10.1. The number of nitrogens with zero attached hydrogens (tertiary/aromatic N) is 3. The maximum atomic E-state index is 13.0. The van der Waals surface area contributed by atoms with Crippen LogP contribution in [0.5, 0.6) is 0 Å². The van der Waals surface area contributed by atoms with Crippen molar-refractivity contribution in [3.63, 3.8) is 0 Å². The van der Waals surface area contributed by atoms with Gasteiger partial charge in [-0.25, -0.2) is 9.97 Å². The predicted octanol–water partition coefficient (Wildman–Crippen LogP) is 4.68. The summed E-state index contributed by atoms with van der Waals surface area (Å²) in [5.41, 5.74) is 2.73. The summed E-state index contributed by atoms with van der Waals surface area (Å²) in [6, 6.07) is 18.1. The Labute approximate surface area is 210 Å². The van der Waals surface area contributed by atoms with Crippen LogP contribution in [0.2, 0.25) is 0 Å². The molecule has 0 unspecified atom stereocenters. The van der Waals surface area contributed by atoms with Crippen LogP contribution in [-0.2, 0) is 6.54 Å². The number of oxazole rings is 1. The van der Waals surface area contributed by atoms with Crippen LogP contribution in [0, 0.1) is 0 Å². The van der Waals surface area contributed by atoms with Crippen LogP contribution in [0.4, 0.5) is 11.6 Å². The number of benzene rings is 2. The van der Waals surface area contributed by atoms with Gasteiger partial charge in [0.05, 0.1) is 46.2 Å². The molecule has 0 spiro atoms. The van der Waals surface area contributed by atoms with Crippen molar-refractivity contribution in [2.75, 3.05) is 17.2 Å². The Morgan fingerprint density at radius 1 is 1.14 bits per heavy atom. The van der Waals surface area contributed by atoms with Crippen LogP contribution >= 0.6 is 11.3 Å².